The van der Waals surface area contributed by atoms with Crippen LogP contribution in [0, 0.1) is 5.82 Å². The third-order valence-corrected chi connectivity index (χ3v) is 4.82. The Labute approximate surface area is 137 Å². The molecule has 0 N–H and O–H groups in total. The van der Waals surface area contributed by atoms with Gasteiger partial charge in [0.1, 0.15) is 5.82 Å². The Balaban J connectivity index is 1.49. The minimum Gasteiger partial charge on any atom is -0.335 e. The van der Waals surface area contributed by atoms with E-state index in [9.17, 15) is 9.18 Å². The third kappa shape index (κ3) is 3.12. The molecule has 23 heavy (non-hydrogen) atoms. The Bertz CT molecular complexity index is 807. The summed E-state index contributed by atoms with van der Waals surface area (Å²) in [6.07, 6.45) is 6.26. The van der Waals surface area contributed by atoms with E-state index in [0.29, 0.717) is 19.0 Å². The molecule has 4 rings (SSSR count). The maximum Gasteiger partial charge on any atom is 0.229 e. The first-order valence-corrected chi connectivity index (χ1v) is 8.52. The van der Waals surface area contributed by atoms with E-state index in [1.54, 1.807) is 23.5 Å². The van der Waals surface area contributed by atoms with Gasteiger partial charge in [0, 0.05) is 30.4 Å². The number of fused-ring (bicyclic) bond motifs is 1. The van der Waals surface area contributed by atoms with Crippen molar-refractivity contribution in [3.63, 3.8) is 0 Å². The topological polar surface area (TPSA) is 37.6 Å². The zero-order valence-corrected chi connectivity index (χ0v) is 13.3. The van der Waals surface area contributed by atoms with Crippen LogP contribution in [0.4, 0.5) is 4.39 Å². The largest absolute Gasteiger partial charge is 0.335 e. The van der Waals surface area contributed by atoms with E-state index in [-0.39, 0.29) is 11.7 Å². The molecule has 0 aliphatic heterocycles. The van der Waals surface area contributed by atoms with Gasteiger partial charge in [-0.15, -0.1) is 11.3 Å². The predicted octanol–water partition coefficient (Wildman–Crippen LogP) is 3.27. The van der Waals surface area contributed by atoms with Gasteiger partial charge in [0.2, 0.25) is 5.91 Å². The highest BCUT2D eigenvalue weighted by Gasteiger charge is 2.32. The molecule has 0 spiro atoms. The number of rotatable bonds is 5. The fourth-order valence-electron chi connectivity index (χ4n) is 2.71. The summed E-state index contributed by atoms with van der Waals surface area (Å²) in [5, 5.41) is 1.97. The van der Waals surface area contributed by atoms with E-state index in [1.165, 1.54) is 12.1 Å². The fraction of sp³-hybridized carbons (Fsp3) is 0.294. The minimum atomic E-state index is -0.254. The quantitative estimate of drug-likeness (QED) is 0.720. The van der Waals surface area contributed by atoms with Crippen LogP contribution in [-0.2, 0) is 17.8 Å². The lowest BCUT2D eigenvalue weighted by Gasteiger charge is -2.22. The number of aromatic nitrogens is 2. The van der Waals surface area contributed by atoms with Gasteiger partial charge in [-0.25, -0.2) is 9.37 Å². The van der Waals surface area contributed by atoms with Crippen LogP contribution in [0.2, 0.25) is 0 Å². The number of carbonyl (C=O) groups excluding carboxylic acids is 1. The van der Waals surface area contributed by atoms with Gasteiger partial charge in [-0.2, -0.15) is 0 Å². The maximum atomic E-state index is 13.0. The summed E-state index contributed by atoms with van der Waals surface area (Å²) < 4.78 is 15.0. The van der Waals surface area contributed by atoms with Crippen LogP contribution in [0.25, 0.3) is 4.96 Å². The van der Waals surface area contributed by atoms with E-state index in [2.05, 4.69) is 4.98 Å². The highest BCUT2D eigenvalue weighted by Crippen LogP contribution is 2.29. The smallest absolute Gasteiger partial charge is 0.229 e. The summed E-state index contributed by atoms with van der Waals surface area (Å²) in [6.45, 7) is 0.534. The van der Waals surface area contributed by atoms with E-state index < -0.39 is 0 Å². The van der Waals surface area contributed by atoms with E-state index in [1.807, 2.05) is 27.1 Å². The number of imidazole rings is 1. The Morgan fingerprint density at radius 3 is 2.83 bits per heavy atom. The van der Waals surface area contributed by atoms with Crippen molar-refractivity contribution in [1.29, 1.82) is 0 Å². The first-order chi connectivity index (χ1) is 11.2. The number of thiazole rings is 1. The fourth-order valence-corrected chi connectivity index (χ4v) is 3.43. The molecule has 3 aromatic rings. The van der Waals surface area contributed by atoms with Crippen molar-refractivity contribution in [3.05, 3.63) is 59.1 Å². The summed E-state index contributed by atoms with van der Waals surface area (Å²) in [6, 6.07) is 6.68. The number of benzene rings is 1. The van der Waals surface area contributed by atoms with Gasteiger partial charge in [0.25, 0.3) is 0 Å². The molecular weight excluding hydrogens is 313 g/mol. The third-order valence-electron chi connectivity index (χ3n) is 4.05. The molecule has 2 heterocycles. The Kier molecular flexibility index (Phi) is 3.61. The van der Waals surface area contributed by atoms with Crippen LogP contribution >= 0.6 is 11.3 Å². The van der Waals surface area contributed by atoms with Crippen molar-refractivity contribution in [2.75, 3.05) is 0 Å². The maximum absolute atomic E-state index is 13.0. The molecule has 0 unspecified atom stereocenters. The molecule has 1 amide bonds. The van der Waals surface area contributed by atoms with Crippen molar-refractivity contribution in [1.82, 2.24) is 14.3 Å². The second kappa shape index (κ2) is 5.77. The monoisotopic (exact) mass is 329 g/mol. The van der Waals surface area contributed by atoms with Crippen molar-refractivity contribution in [2.24, 2.45) is 0 Å². The van der Waals surface area contributed by atoms with Crippen molar-refractivity contribution in [3.8, 4) is 0 Å². The summed E-state index contributed by atoms with van der Waals surface area (Å²) in [7, 11) is 0. The zero-order valence-electron chi connectivity index (χ0n) is 12.5. The average Bonchev–Trinajstić information content (AvgIpc) is 3.16. The van der Waals surface area contributed by atoms with Gasteiger partial charge in [-0.1, -0.05) is 12.1 Å². The summed E-state index contributed by atoms with van der Waals surface area (Å²) in [4.78, 5) is 20.0. The SMILES string of the molecule is O=C(Cc1cn2ccsc2n1)N(Cc1ccc(F)cc1)C1CC1. The molecule has 0 radical (unpaired) electrons. The van der Waals surface area contributed by atoms with Crippen molar-refractivity contribution >= 4 is 22.2 Å². The Morgan fingerprint density at radius 1 is 1.35 bits per heavy atom. The van der Waals surface area contributed by atoms with Crippen LogP contribution < -0.4 is 0 Å². The highest BCUT2D eigenvalue weighted by molar-refractivity contribution is 7.15. The van der Waals surface area contributed by atoms with Gasteiger partial charge in [-0.05, 0) is 30.5 Å². The Hall–Kier alpha value is -2.21. The molecule has 6 heteroatoms. The van der Waals surface area contributed by atoms with Crippen LogP contribution in [0.3, 0.4) is 0 Å². The predicted molar refractivity (Wildman–Crippen MR) is 86.7 cm³/mol. The Morgan fingerprint density at radius 2 is 2.13 bits per heavy atom. The summed E-state index contributed by atoms with van der Waals surface area (Å²) in [5.41, 5.74) is 1.75. The molecule has 1 aliphatic carbocycles. The second-order valence-corrected chi connectivity index (χ2v) is 6.75. The lowest BCUT2D eigenvalue weighted by atomic mass is 10.2. The number of hydrogen-bond acceptors (Lipinski definition) is 3. The molecule has 1 saturated carbocycles. The molecule has 1 aliphatic rings. The van der Waals surface area contributed by atoms with E-state index in [0.717, 1.165) is 29.1 Å². The first-order valence-electron chi connectivity index (χ1n) is 7.64. The van der Waals surface area contributed by atoms with Gasteiger partial charge >= 0.3 is 0 Å². The second-order valence-electron chi connectivity index (χ2n) is 5.88. The van der Waals surface area contributed by atoms with Crippen LogP contribution in [0.1, 0.15) is 24.1 Å². The first kappa shape index (κ1) is 14.4. The van der Waals surface area contributed by atoms with Crippen LogP contribution in [-0.4, -0.2) is 26.2 Å². The van der Waals surface area contributed by atoms with Gasteiger partial charge in [-0.3, -0.25) is 9.20 Å². The number of nitrogens with zero attached hydrogens (tertiary/aromatic N) is 3. The van der Waals surface area contributed by atoms with Gasteiger partial charge < -0.3 is 4.90 Å². The van der Waals surface area contributed by atoms with Crippen molar-refractivity contribution < 1.29 is 9.18 Å². The molecule has 4 nitrogen and oxygen atoms in total. The molecule has 1 fully saturated rings. The zero-order chi connectivity index (χ0) is 15.8. The molecular formula is C17H16FN3OS. The normalized spacial score (nSPS) is 14.3. The van der Waals surface area contributed by atoms with Crippen molar-refractivity contribution in [2.45, 2.75) is 31.8 Å². The lowest BCUT2D eigenvalue weighted by molar-refractivity contribution is -0.131. The van der Waals surface area contributed by atoms with Crippen LogP contribution in [0.15, 0.2) is 42.0 Å². The van der Waals surface area contributed by atoms with Gasteiger partial charge in [0.05, 0.1) is 12.1 Å². The summed E-state index contributed by atoms with van der Waals surface area (Å²) in [5.74, 6) is -0.168. The van der Waals surface area contributed by atoms with Crippen LogP contribution in [0.5, 0.6) is 0 Å². The summed E-state index contributed by atoms with van der Waals surface area (Å²) >= 11 is 1.56. The number of halogens is 1. The van der Waals surface area contributed by atoms with E-state index in [4.69, 9.17) is 0 Å². The molecule has 0 bridgehead atoms. The molecule has 0 saturated heterocycles. The van der Waals surface area contributed by atoms with Gasteiger partial charge in [0.15, 0.2) is 4.96 Å². The number of carbonyl (C=O) groups is 1. The molecule has 1 aromatic carbocycles. The molecule has 2 aromatic heterocycles. The average molecular weight is 329 g/mol. The highest BCUT2D eigenvalue weighted by atomic mass is 32.1. The number of hydrogen-bond donors (Lipinski definition) is 0. The van der Waals surface area contributed by atoms with E-state index >= 15 is 0 Å². The number of amides is 1. The standard InChI is InChI=1S/C17H16FN3OS/c18-13-3-1-12(2-4-13)10-21(15-5-6-15)16(22)9-14-11-20-7-8-23-17(20)19-14/h1-4,7-8,11,15H,5-6,9-10H2. The molecule has 0 atom stereocenters. The molecule has 118 valence electrons. The minimum absolute atomic E-state index is 0.0857. The lowest BCUT2D eigenvalue weighted by Crippen LogP contribution is -2.33.